The van der Waals surface area contributed by atoms with Crippen LogP contribution in [0.1, 0.15) is 36.5 Å². The molecule has 0 bridgehead atoms. The fourth-order valence-electron chi connectivity index (χ4n) is 3.59. The molecule has 1 aliphatic rings. The van der Waals surface area contributed by atoms with Crippen molar-refractivity contribution in [2.24, 2.45) is 0 Å². The number of amides is 3. The van der Waals surface area contributed by atoms with E-state index in [1.807, 2.05) is 55.1 Å². The van der Waals surface area contributed by atoms with Gasteiger partial charge in [0.25, 0.3) is 0 Å². The Labute approximate surface area is 167 Å². The average molecular weight is 380 g/mol. The molecule has 2 aromatic carbocycles. The molecule has 1 heterocycles. The highest BCUT2D eigenvalue weighted by molar-refractivity contribution is 5.90. The summed E-state index contributed by atoms with van der Waals surface area (Å²) >= 11 is 0. The van der Waals surface area contributed by atoms with Gasteiger partial charge >= 0.3 is 6.03 Å². The van der Waals surface area contributed by atoms with E-state index in [-0.39, 0.29) is 11.9 Å². The van der Waals surface area contributed by atoms with E-state index in [9.17, 15) is 9.59 Å². The maximum atomic E-state index is 12.7. The van der Waals surface area contributed by atoms with E-state index >= 15 is 0 Å². The number of nitrogens with one attached hydrogen (secondary N) is 1. The van der Waals surface area contributed by atoms with Gasteiger partial charge in [0.1, 0.15) is 0 Å². The monoisotopic (exact) mass is 379 g/mol. The van der Waals surface area contributed by atoms with Crippen LogP contribution in [0.3, 0.4) is 0 Å². The molecule has 0 atom stereocenters. The number of nitrogens with zero attached hydrogens (tertiary/aromatic N) is 2. The van der Waals surface area contributed by atoms with Gasteiger partial charge in [-0.3, -0.25) is 4.79 Å². The number of fused-ring (bicyclic) bond motifs is 1. The molecule has 2 aromatic rings. The highest BCUT2D eigenvalue weighted by Gasteiger charge is 2.22. The van der Waals surface area contributed by atoms with Crippen molar-refractivity contribution in [3.63, 3.8) is 0 Å². The summed E-state index contributed by atoms with van der Waals surface area (Å²) in [6.45, 7) is 6.49. The van der Waals surface area contributed by atoms with Gasteiger partial charge in [-0.1, -0.05) is 49.4 Å². The van der Waals surface area contributed by atoms with Crippen LogP contribution in [-0.4, -0.2) is 41.4 Å². The van der Waals surface area contributed by atoms with Gasteiger partial charge in [-0.25, -0.2) is 4.79 Å². The molecule has 0 fully saturated rings. The van der Waals surface area contributed by atoms with Gasteiger partial charge in [0, 0.05) is 38.3 Å². The van der Waals surface area contributed by atoms with Crippen LogP contribution < -0.4 is 5.32 Å². The molecule has 5 heteroatoms. The molecule has 3 amide bonds. The molecule has 0 saturated heterocycles. The van der Waals surface area contributed by atoms with Crippen molar-refractivity contribution in [3.05, 3.63) is 65.2 Å². The zero-order chi connectivity index (χ0) is 19.9. The Balaban J connectivity index is 1.56. The number of carbonyl (C=O) groups excluding carboxylic acids is 2. The second-order valence-electron chi connectivity index (χ2n) is 7.32. The largest absolute Gasteiger partial charge is 0.338 e. The Morgan fingerprint density at radius 2 is 1.75 bits per heavy atom. The molecular weight excluding hydrogens is 350 g/mol. The minimum Gasteiger partial charge on any atom is -0.338 e. The number of anilines is 1. The van der Waals surface area contributed by atoms with E-state index < -0.39 is 0 Å². The van der Waals surface area contributed by atoms with Crippen molar-refractivity contribution in [3.8, 4) is 0 Å². The lowest BCUT2D eigenvalue weighted by atomic mass is 10.00. The second-order valence-corrected chi connectivity index (χ2v) is 7.32. The highest BCUT2D eigenvalue weighted by atomic mass is 16.2. The van der Waals surface area contributed by atoms with Crippen molar-refractivity contribution in [1.82, 2.24) is 9.80 Å². The third kappa shape index (κ3) is 4.91. The van der Waals surface area contributed by atoms with Crippen LogP contribution >= 0.6 is 0 Å². The summed E-state index contributed by atoms with van der Waals surface area (Å²) in [6.07, 6.45) is 2.10. The van der Waals surface area contributed by atoms with Crippen LogP contribution in [0.15, 0.2) is 48.5 Å². The molecular formula is C23H29N3O2. The fourth-order valence-corrected chi connectivity index (χ4v) is 3.59. The zero-order valence-electron chi connectivity index (χ0n) is 16.8. The van der Waals surface area contributed by atoms with Crippen molar-refractivity contribution < 1.29 is 9.59 Å². The van der Waals surface area contributed by atoms with Crippen molar-refractivity contribution in [2.75, 3.05) is 25.0 Å². The van der Waals surface area contributed by atoms with E-state index in [1.54, 1.807) is 4.90 Å². The van der Waals surface area contributed by atoms with Gasteiger partial charge in [-0.05, 0) is 42.5 Å². The number of urea groups is 1. The van der Waals surface area contributed by atoms with Crippen LogP contribution in [-0.2, 0) is 17.8 Å². The molecule has 0 unspecified atom stereocenters. The molecule has 0 aliphatic carbocycles. The number of rotatable bonds is 6. The van der Waals surface area contributed by atoms with Gasteiger partial charge < -0.3 is 15.1 Å². The van der Waals surface area contributed by atoms with E-state index in [0.29, 0.717) is 26.1 Å². The smallest absolute Gasteiger partial charge is 0.321 e. The predicted molar refractivity (Wildman–Crippen MR) is 112 cm³/mol. The summed E-state index contributed by atoms with van der Waals surface area (Å²) in [6, 6.07) is 15.9. The number of carbonyl (C=O) groups is 2. The summed E-state index contributed by atoms with van der Waals surface area (Å²) in [5, 5.41) is 2.97. The normalized spacial score (nSPS) is 13.0. The second kappa shape index (κ2) is 9.40. The first kappa shape index (κ1) is 19.9. The third-order valence-corrected chi connectivity index (χ3v) is 5.25. The number of aryl methyl sites for hydroxylation is 1. The Morgan fingerprint density at radius 1 is 1.04 bits per heavy atom. The lowest BCUT2D eigenvalue weighted by Crippen LogP contribution is -2.41. The summed E-state index contributed by atoms with van der Waals surface area (Å²) in [7, 11) is 0. The van der Waals surface area contributed by atoms with Crippen LogP contribution in [0.25, 0.3) is 0 Å². The van der Waals surface area contributed by atoms with Gasteiger partial charge in [0.2, 0.25) is 5.91 Å². The highest BCUT2D eigenvalue weighted by Crippen LogP contribution is 2.19. The van der Waals surface area contributed by atoms with E-state index in [0.717, 1.165) is 30.6 Å². The van der Waals surface area contributed by atoms with Crippen LogP contribution in [0.5, 0.6) is 0 Å². The topological polar surface area (TPSA) is 52.7 Å². The lowest BCUT2D eigenvalue weighted by molar-refractivity contribution is -0.132. The zero-order valence-corrected chi connectivity index (χ0v) is 16.8. The fraction of sp³-hybridized carbons (Fsp3) is 0.391. The van der Waals surface area contributed by atoms with E-state index in [4.69, 9.17) is 0 Å². The number of para-hydroxylation sites is 1. The molecule has 148 valence electrons. The molecule has 1 N–H and O–H groups in total. The summed E-state index contributed by atoms with van der Waals surface area (Å²) in [4.78, 5) is 29.1. The van der Waals surface area contributed by atoms with Gasteiger partial charge in [0.15, 0.2) is 0 Å². The van der Waals surface area contributed by atoms with Gasteiger partial charge in [-0.2, -0.15) is 0 Å². The molecule has 0 radical (unpaired) electrons. The van der Waals surface area contributed by atoms with Crippen LogP contribution in [0.2, 0.25) is 0 Å². The van der Waals surface area contributed by atoms with Crippen molar-refractivity contribution in [1.29, 1.82) is 0 Å². The summed E-state index contributed by atoms with van der Waals surface area (Å²) < 4.78 is 0. The first-order valence-corrected chi connectivity index (χ1v) is 10.0. The maximum absolute atomic E-state index is 12.7. The molecule has 0 spiro atoms. The van der Waals surface area contributed by atoms with Gasteiger partial charge in [-0.15, -0.1) is 0 Å². The summed E-state index contributed by atoms with van der Waals surface area (Å²) in [5.41, 5.74) is 4.39. The van der Waals surface area contributed by atoms with E-state index in [2.05, 4.69) is 17.4 Å². The quantitative estimate of drug-likeness (QED) is 0.817. The molecule has 0 aromatic heterocycles. The molecule has 5 nitrogen and oxygen atoms in total. The standard InChI is InChI=1S/C23H29N3O2/c1-3-14-25(23(28)24-21-11-7-4-8-18(21)2)16-13-22(27)26-15-12-19-9-5-6-10-20(19)17-26/h4-11H,3,12-17H2,1-2H3,(H,24,28). The number of hydrogen-bond donors (Lipinski definition) is 1. The Bertz CT molecular complexity index is 834. The van der Waals surface area contributed by atoms with Gasteiger partial charge in [0.05, 0.1) is 0 Å². The maximum Gasteiger partial charge on any atom is 0.321 e. The molecule has 0 saturated carbocycles. The lowest BCUT2D eigenvalue weighted by Gasteiger charge is -2.30. The van der Waals surface area contributed by atoms with Crippen molar-refractivity contribution >= 4 is 17.6 Å². The van der Waals surface area contributed by atoms with Crippen molar-refractivity contribution in [2.45, 2.75) is 39.7 Å². The minimum absolute atomic E-state index is 0.110. The summed E-state index contributed by atoms with van der Waals surface area (Å²) in [5.74, 6) is 0.110. The predicted octanol–water partition coefficient (Wildman–Crippen LogP) is 4.21. The number of hydrogen-bond acceptors (Lipinski definition) is 2. The first-order valence-electron chi connectivity index (χ1n) is 10.0. The number of benzene rings is 2. The Morgan fingerprint density at radius 3 is 2.50 bits per heavy atom. The molecule has 3 rings (SSSR count). The van der Waals surface area contributed by atoms with Crippen LogP contribution in [0.4, 0.5) is 10.5 Å². The van der Waals surface area contributed by atoms with Crippen LogP contribution in [0, 0.1) is 6.92 Å². The molecule has 1 aliphatic heterocycles. The first-order chi connectivity index (χ1) is 13.6. The average Bonchev–Trinajstić information content (AvgIpc) is 2.72. The SMILES string of the molecule is CCCN(CCC(=O)N1CCc2ccccc2C1)C(=O)Nc1ccccc1C. The Hall–Kier alpha value is -2.82. The molecule has 28 heavy (non-hydrogen) atoms. The third-order valence-electron chi connectivity index (χ3n) is 5.25. The van der Waals surface area contributed by atoms with E-state index in [1.165, 1.54) is 11.1 Å². The Kier molecular flexibility index (Phi) is 6.69. The minimum atomic E-state index is -0.145.